The van der Waals surface area contributed by atoms with Crippen LogP contribution in [0.4, 0.5) is 9.59 Å². The lowest BCUT2D eigenvalue weighted by molar-refractivity contribution is -0.120. The molecule has 0 aliphatic carbocycles. The predicted molar refractivity (Wildman–Crippen MR) is 123 cm³/mol. The summed E-state index contributed by atoms with van der Waals surface area (Å²) in [6.45, 7) is 5.74. The minimum Gasteiger partial charge on any atom is -0.445 e. The third-order valence-corrected chi connectivity index (χ3v) is 4.88. The van der Waals surface area contributed by atoms with Crippen molar-refractivity contribution in [2.45, 2.75) is 39.0 Å². The zero-order valence-electron chi connectivity index (χ0n) is 19.1. The van der Waals surface area contributed by atoms with Crippen molar-refractivity contribution in [1.82, 2.24) is 9.80 Å². The van der Waals surface area contributed by atoms with E-state index in [1.807, 2.05) is 48.5 Å². The van der Waals surface area contributed by atoms with E-state index >= 15 is 0 Å². The third-order valence-electron chi connectivity index (χ3n) is 4.88. The summed E-state index contributed by atoms with van der Waals surface area (Å²) >= 11 is 0. The van der Waals surface area contributed by atoms with Crippen molar-refractivity contribution in [3.63, 3.8) is 0 Å². The number of carbonyl (C=O) groups is 3. The van der Waals surface area contributed by atoms with E-state index in [1.165, 1.54) is 9.80 Å². The molecule has 0 bridgehead atoms. The first kappa shape index (κ1) is 23.9. The highest BCUT2D eigenvalue weighted by atomic mass is 16.6. The van der Waals surface area contributed by atoms with Gasteiger partial charge in [-0.15, -0.1) is 0 Å². The molecule has 0 aromatic heterocycles. The third kappa shape index (κ3) is 7.11. The van der Waals surface area contributed by atoms with Crippen LogP contribution in [0.25, 0.3) is 0 Å². The number of nitrogens with zero attached hydrogens (tertiary/aromatic N) is 2. The van der Waals surface area contributed by atoms with Crippen LogP contribution < -0.4 is 0 Å². The Morgan fingerprint density at radius 1 is 0.939 bits per heavy atom. The molecule has 7 nitrogen and oxygen atoms in total. The molecule has 1 aliphatic heterocycles. The summed E-state index contributed by atoms with van der Waals surface area (Å²) < 4.78 is 10.9. The molecule has 2 aromatic rings. The lowest BCUT2D eigenvalue weighted by atomic mass is 10.1. The molecule has 2 amide bonds. The molecule has 1 atom stereocenters. The van der Waals surface area contributed by atoms with Gasteiger partial charge in [0.25, 0.3) is 0 Å². The SMILES string of the molecule is CC(C)(C)OC(=O)N1CCN(C(=O)OCc2ccccc2)C[C@@H]1C(=O)C#Cc1ccccc1. The predicted octanol–water partition coefficient (Wildman–Crippen LogP) is 3.87. The van der Waals surface area contributed by atoms with Gasteiger partial charge in [0, 0.05) is 18.7 Å². The molecule has 3 rings (SSSR count). The molecular weight excluding hydrogens is 420 g/mol. The topological polar surface area (TPSA) is 76.2 Å². The number of hydrogen-bond acceptors (Lipinski definition) is 5. The summed E-state index contributed by atoms with van der Waals surface area (Å²) in [5.74, 6) is 4.98. The van der Waals surface area contributed by atoms with E-state index in [0.29, 0.717) is 5.56 Å². The second-order valence-electron chi connectivity index (χ2n) is 8.66. The van der Waals surface area contributed by atoms with Gasteiger partial charge < -0.3 is 14.4 Å². The largest absolute Gasteiger partial charge is 0.445 e. The van der Waals surface area contributed by atoms with Crippen molar-refractivity contribution in [3.8, 4) is 11.8 Å². The summed E-state index contributed by atoms with van der Waals surface area (Å²) in [4.78, 5) is 41.2. The molecule has 0 radical (unpaired) electrons. The maximum absolute atomic E-state index is 13.0. The number of hydrogen-bond donors (Lipinski definition) is 0. The summed E-state index contributed by atoms with van der Waals surface area (Å²) in [7, 11) is 0. The number of ether oxygens (including phenoxy) is 2. The maximum atomic E-state index is 13.0. The number of piperazine rings is 1. The van der Waals surface area contributed by atoms with Crippen LogP contribution in [-0.4, -0.2) is 59.0 Å². The normalized spacial score (nSPS) is 15.8. The first-order valence-corrected chi connectivity index (χ1v) is 10.8. The van der Waals surface area contributed by atoms with Crippen molar-refractivity contribution >= 4 is 18.0 Å². The quantitative estimate of drug-likeness (QED) is 0.667. The molecule has 1 heterocycles. The molecule has 0 N–H and O–H groups in total. The van der Waals surface area contributed by atoms with Gasteiger partial charge in [0.05, 0.1) is 6.54 Å². The van der Waals surface area contributed by atoms with E-state index in [1.54, 1.807) is 32.9 Å². The van der Waals surface area contributed by atoms with Crippen LogP contribution in [0.15, 0.2) is 60.7 Å². The molecule has 1 fully saturated rings. The number of amides is 2. The maximum Gasteiger partial charge on any atom is 0.411 e. The molecule has 0 spiro atoms. The van der Waals surface area contributed by atoms with Gasteiger partial charge in [-0.3, -0.25) is 9.69 Å². The van der Waals surface area contributed by atoms with Gasteiger partial charge in [0.2, 0.25) is 5.78 Å². The minimum atomic E-state index is -0.950. The molecule has 1 saturated heterocycles. The van der Waals surface area contributed by atoms with Gasteiger partial charge in [-0.2, -0.15) is 0 Å². The fourth-order valence-electron chi connectivity index (χ4n) is 3.26. The van der Waals surface area contributed by atoms with E-state index in [-0.39, 0.29) is 26.2 Å². The Morgan fingerprint density at radius 3 is 2.21 bits per heavy atom. The summed E-state index contributed by atoms with van der Waals surface area (Å²) in [6.07, 6.45) is -1.16. The standard InChI is InChI=1S/C26H28N2O5/c1-26(2,3)33-25(31)28-17-16-27(24(30)32-19-21-12-8-5-9-13-21)18-22(28)23(29)15-14-20-10-6-4-7-11-20/h4-13,22H,16-19H2,1-3H3/t22-/m1/s1. The molecule has 33 heavy (non-hydrogen) atoms. The van der Waals surface area contributed by atoms with E-state index in [4.69, 9.17) is 9.47 Å². The second-order valence-corrected chi connectivity index (χ2v) is 8.66. The number of Topliss-reactive ketones (excluding diaryl/α,β-unsaturated/α-hetero) is 1. The van der Waals surface area contributed by atoms with Crippen LogP contribution in [0.5, 0.6) is 0 Å². The van der Waals surface area contributed by atoms with Gasteiger partial charge >= 0.3 is 12.2 Å². The summed E-state index contributed by atoms with van der Waals surface area (Å²) in [5.41, 5.74) is 0.829. The Morgan fingerprint density at radius 2 is 1.58 bits per heavy atom. The van der Waals surface area contributed by atoms with Crippen LogP contribution in [0.3, 0.4) is 0 Å². The zero-order chi connectivity index (χ0) is 23.8. The van der Waals surface area contributed by atoms with Crippen molar-refractivity contribution < 1.29 is 23.9 Å². The zero-order valence-corrected chi connectivity index (χ0v) is 19.1. The van der Waals surface area contributed by atoms with Crippen LogP contribution in [0.2, 0.25) is 0 Å². The molecule has 0 unspecified atom stereocenters. The Balaban J connectivity index is 1.73. The summed E-state index contributed by atoms with van der Waals surface area (Å²) in [6, 6.07) is 17.5. The molecule has 0 saturated carbocycles. The Labute approximate surface area is 194 Å². The second kappa shape index (κ2) is 10.7. The average molecular weight is 449 g/mol. The molecule has 172 valence electrons. The van der Waals surface area contributed by atoms with Gasteiger partial charge in [0.1, 0.15) is 18.2 Å². The first-order valence-electron chi connectivity index (χ1n) is 10.8. The Bertz CT molecular complexity index is 1040. The van der Waals surface area contributed by atoms with Crippen molar-refractivity contribution in [2.75, 3.05) is 19.6 Å². The van der Waals surface area contributed by atoms with Gasteiger partial charge in [-0.05, 0) is 44.4 Å². The number of carbonyl (C=O) groups excluding carboxylic acids is 3. The molecular formula is C26H28N2O5. The number of ketones is 1. The van der Waals surface area contributed by atoms with Crippen LogP contribution in [0.1, 0.15) is 31.9 Å². The Hall–Kier alpha value is -3.79. The van der Waals surface area contributed by atoms with E-state index in [2.05, 4.69) is 11.8 Å². The van der Waals surface area contributed by atoms with Gasteiger partial charge in [-0.25, -0.2) is 9.59 Å². The Kier molecular flexibility index (Phi) is 7.73. The minimum absolute atomic E-state index is 0.0187. The van der Waals surface area contributed by atoms with E-state index in [0.717, 1.165) is 5.56 Å². The highest BCUT2D eigenvalue weighted by Gasteiger charge is 2.38. The summed E-state index contributed by atoms with van der Waals surface area (Å²) in [5, 5.41) is 0. The van der Waals surface area contributed by atoms with Crippen LogP contribution in [0, 0.1) is 11.8 Å². The monoisotopic (exact) mass is 448 g/mol. The first-order chi connectivity index (χ1) is 15.7. The molecule has 2 aromatic carbocycles. The molecule has 7 heteroatoms. The van der Waals surface area contributed by atoms with Crippen molar-refractivity contribution in [1.29, 1.82) is 0 Å². The number of benzene rings is 2. The van der Waals surface area contributed by atoms with E-state index in [9.17, 15) is 14.4 Å². The van der Waals surface area contributed by atoms with Gasteiger partial charge in [0.15, 0.2) is 0 Å². The highest BCUT2D eigenvalue weighted by molar-refractivity contribution is 6.02. The molecule has 1 aliphatic rings. The highest BCUT2D eigenvalue weighted by Crippen LogP contribution is 2.18. The van der Waals surface area contributed by atoms with Crippen molar-refractivity contribution in [2.24, 2.45) is 0 Å². The van der Waals surface area contributed by atoms with Crippen LogP contribution in [-0.2, 0) is 20.9 Å². The van der Waals surface area contributed by atoms with Crippen molar-refractivity contribution in [3.05, 3.63) is 71.8 Å². The average Bonchev–Trinajstić information content (AvgIpc) is 2.81. The fraction of sp³-hybridized carbons (Fsp3) is 0.346. The van der Waals surface area contributed by atoms with E-state index < -0.39 is 29.6 Å². The number of rotatable bonds is 3. The van der Waals surface area contributed by atoms with Crippen LogP contribution >= 0.6 is 0 Å². The lowest BCUT2D eigenvalue weighted by Gasteiger charge is -2.39. The lowest BCUT2D eigenvalue weighted by Crippen LogP contribution is -2.59. The smallest absolute Gasteiger partial charge is 0.411 e. The fourth-order valence-corrected chi connectivity index (χ4v) is 3.26. The van der Waals surface area contributed by atoms with Gasteiger partial charge in [-0.1, -0.05) is 54.5 Å².